The number of amidine groups is 1. The van der Waals surface area contributed by atoms with Crippen LogP contribution >= 0.6 is 15.9 Å². The molecule has 3 heterocycles. The van der Waals surface area contributed by atoms with E-state index >= 15 is 0 Å². The van der Waals surface area contributed by atoms with E-state index in [-0.39, 0.29) is 24.3 Å². The number of nitrogens with zero attached hydrogens (tertiary/aromatic N) is 4. The summed E-state index contributed by atoms with van der Waals surface area (Å²) in [5, 5.41) is 0. The van der Waals surface area contributed by atoms with Crippen molar-refractivity contribution in [3.8, 4) is 0 Å². The highest BCUT2D eigenvalue weighted by Gasteiger charge is 2.38. The van der Waals surface area contributed by atoms with E-state index in [9.17, 15) is 9.59 Å². The Kier molecular flexibility index (Phi) is 4.70. The van der Waals surface area contributed by atoms with Crippen molar-refractivity contribution >= 4 is 44.9 Å². The molecule has 0 saturated carbocycles. The van der Waals surface area contributed by atoms with E-state index in [1.54, 1.807) is 11.1 Å². The van der Waals surface area contributed by atoms with Gasteiger partial charge in [-0.25, -0.2) is 0 Å². The largest absolute Gasteiger partial charge is 0.298 e. The van der Waals surface area contributed by atoms with Crippen LogP contribution in [0.3, 0.4) is 0 Å². The number of Topliss-reactive ketones (excluding diaryl/α,β-unsaturated/α-hetero) is 1. The number of fused-ring (bicyclic) bond motifs is 4. The van der Waals surface area contributed by atoms with Crippen LogP contribution in [0.2, 0.25) is 0 Å². The van der Waals surface area contributed by atoms with Gasteiger partial charge in [0.25, 0.3) is 0 Å². The Morgan fingerprint density at radius 2 is 2.19 bits per heavy atom. The Morgan fingerprint density at radius 3 is 2.93 bits per heavy atom. The first-order valence-corrected chi connectivity index (χ1v) is 9.50. The minimum absolute atomic E-state index is 0.0328. The average Bonchev–Trinajstić information content (AvgIpc) is 2.75. The molecule has 4 rings (SSSR count). The lowest BCUT2D eigenvalue weighted by atomic mass is 10.0. The average molecular weight is 425 g/mol. The summed E-state index contributed by atoms with van der Waals surface area (Å²) in [5.41, 5.74) is 3.00. The first-order chi connectivity index (χ1) is 13.0. The molecule has 2 aliphatic heterocycles. The Balaban J connectivity index is 1.97. The Labute approximate surface area is 165 Å². The quantitative estimate of drug-likeness (QED) is 0.758. The summed E-state index contributed by atoms with van der Waals surface area (Å²) < 4.78 is 0.886. The highest BCUT2D eigenvalue weighted by molar-refractivity contribution is 9.10. The van der Waals surface area contributed by atoms with Crippen LogP contribution in [-0.4, -0.2) is 40.8 Å². The van der Waals surface area contributed by atoms with Crippen molar-refractivity contribution in [1.29, 1.82) is 0 Å². The minimum atomic E-state index is -0.287. The molecule has 2 aliphatic rings. The van der Waals surface area contributed by atoms with Crippen molar-refractivity contribution in [2.45, 2.75) is 25.8 Å². The van der Waals surface area contributed by atoms with Crippen LogP contribution in [0.5, 0.6) is 0 Å². The van der Waals surface area contributed by atoms with E-state index in [0.717, 1.165) is 27.1 Å². The highest BCUT2D eigenvalue weighted by atomic mass is 79.9. The molecule has 7 heteroatoms. The maximum atomic E-state index is 12.8. The minimum Gasteiger partial charge on any atom is -0.298 e. The molecule has 1 aromatic heterocycles. The van der Waals surface area contributed by atoms with E-state index < -0.39 is 0 Å². The molecule has 27 heavy (non-hydrogen) atoms. The smallest absolute Gasteiger partial charge is 0.232 e. The van der Waals surface area contributed by atoms with Gasteiger partial charge in [0.1, 0.15) is 11.9 Å². The number of ketones is 1. The maximum absolute atomic E-state index is 12.8. The van der Waals surface area contributed by atoms with E-state index in [1.807, 2.05) is 36.4 Å². The van der Waals surface area contributed by atoms with Crippen LogP contribution in [-0.2, 0) is 9.59 Å². The number of carbonyl (C=O) groups is 2. The van der Waals surface area contributed by atoms with Gasteiger partial charge in [-0.05, 0) is 43.7 Å². The first kappa shape index (κ1) is 17.7. The zero-order valence-electron chi connectivity index (χ0n) is 14.7. The number of piperidine rings is 1. The van der Waals surface area contributed by atoms with Crippen molar-refractivity contribution in [1.82, 2.24) is 4.98 Å². The van der Waals surface area contributed by atoms with Crippen LogP contribution in [0.1, 0.15) is 31.0 Å². The fraction of sp³-hybridized carbons (Fsp3) is 0.250. The zero-order chi connectivity index (χ0) is 19.0. The normalized spacial score (nSPS) is 20.1. The molecule has 2 aromatic rings. The summed E-state index contributed by atoms with van der Waals surface area (Å²) >= 11 is 3.51. The fourth-order valence-electron chi connectivity index (χ4n) is 3.35. The van der Waals surface area contributed by atoms with Crippen molar-refractivity contribution in [3.63, 3.8) is 0 Å². The number of hydrogen-bond donors (Lipinski definition) is 0. The van der Waals surface area contributed by atoms with Crippen molar-refractivity contribution in [3.05, 3.63) is 58.3 Å². The number of hydrogen-bond acceptors (Lipinski definition) is 5. The molecule has 2 bridgehead atoms. The van der Waals surface area contributed by atoms with Crippen LogP contribution in [0.15, 0.2) is 57.1 Å². The third-order valence-electron chi connectivity index (χ3n) is 4.52. The monoisotopic (exact) mass is 424 g/mol. The topological polar surface area (TPSA) is 75.0 Å². The molecule has 1 fully saturated rings. The van der Waals surface area contributed by atoms with Crippen LogP contribution in [0.4, 0.5) is 5.69 Å². The Hall–Kier alpha value is -2.67. The van der Waals surface area contributed by atoms with Gasteiger partial charge in [-0.1, -0.05) is 22.0 Å². The number of benzene rings is 1. The molecule has 1 aromatic carbocycles. The molecule has 0 N–H and O–H groups in total. The van der Waals surface area contributed by atoms with Gasteiger partial charge in [-0.3, -0.25) is 29.5 Å². The molecular weight excluding hydrogens is 408 g/mol. The van der Waals surface area contributed by atoms with Crippen molar-refractivity contribution < 1.29 is 9.59 Å². The summed E-state index contributed by atoms with van der Waals surface area (Å²) in [7, 11) is 0. The van der Waals surface area contributed by atoms with Crippen LogP contribution < -0.4 is 4.90 Å². The maximum Gasteiger partial charge on any atom is 0.232 e. The predicted molar refractivity (Wildman–Crippen MR) is 108 cm³/mol. The van der Waals surface area contributed by atoms with Gasteiger partial charge in [0.05, 0.1) is 23.6 Å². The molecular formula is C20H17BrN4O2. The van der Waals surface area contributed by atoms with Gasteiger partial charge in [0, 0.05) is 22.7 Å². The fourth-order valence-corrected chi connectivity index (χ4v) is 3.71. The van der Waals surface area contributed by atoms with Gasteiger partial charge in [-0.15, -0.1) is 0 Å². The molecule has 1 amide bonds. The predicted octanol–water partition coefficient (Wildman–Crippen LogP) is 3.18. The first-order valence-electron chi connectivity index (χ1n) is 8.70. The van der Waals surface area contributed by atoms with Gasteiger partial charge in [0.15, 0.2) is 5.78 Å². The third-order valence-corrected chi connectivity index (χ3v) is 5.01. The van der Waals surface area contributed by atoms with Gasteiger partial charge in [-0.2, -0.15) is 0 Å². The SMILES string of the molecule is CC(=O)CN=C1[C@@H]2CCC(=O)N1c1ccc(Br)cc1C(c1ccccn1)=N2. The second-order valence-corrected chi connectivity index (χ2v) is 7.43. The summed E-state index contributed by atoms with van der Waals surface area (Å²) in [6.45, 7) is 1.53. The van der Waals surface area contributed by atoms with Crippen molar-refractivity contribution in [2.24, 2.45) is 9.98 Å². The molecule has 6 nitrogen and oxygen atoms in total. The highest BCUT2D eigenvalue weighted by Crippen LogP contribution is 2.34. The summed E-state index contributed by atoms with van der Waals surface area (Å²) in [4.78, 5) is 39.8. The van der Waals surface area contributed by atoms with Crippen molar-refractivity contribution in [2.75, 3.05) is 11.4 Å². The third kappa shape index (κ3) is 3.35. The summed E-state index contributed by atoms with van der Waals surface area (Å²) in [6.07, 6.45) is 2.68. The molecule has 0 radical (unpaired) electrons. The van der Waals surface area contributed by atoms with Crippen LogP contribution in [0, 0.1) is 0 Å². The van der Waals surface area contributed by atoms with E-state index in [1.165, 1.54) is 6.92 Å². The molecule has 0 spiro atoms. The number of halogens is 1. The van der Waals surface area contributed by atoms with E-state index in [4.69, 9.17) is 4.99 Å². The van der Waals surface area contributed by atoms with E-state index in [2.05, 4.69) is 25.9 Å². The summed E-state index contributed by atoms with van der Waals surface area (Å²) in [6, 6.07) is 11.1. The van der Waals surface area contributed by atoms with Gasteiger partial charge in [0.2, 0.25) is 5.91 Å². The number of aliphatic imine (C=N–C) groups is 2. The molecule has 1 saturated heterocycles. The second-order valence-electron chi connectivity index (χ2n) is 6.51. The zero-order valence-corrected chi connectivity index (χ0v) is 16.3. The number of amides is 1. The standard InChI is InChI=1S/C20H17BrN4O2/c1-12(26)11-23-20-16-6-8-18(27)25(20)17-7-5-13(21)10-14(17)19(24-16)15-4-2-3-9-22-15/h2-5,7,9-10,16H,6,8,11H2,1H3/t16-/m0/s1. The number of rotatable bonds is 3. The number of pyridine rings is 1. The lowest BCUT2D eigenvalue weighted by Gasteiger charge is -2.31. The Morgan fingerprint density at radius 1 is 1.33 bits per heavy atom. The van der Waals surface area contributed by atoms with E-state index in [0.29, 0.717) is 18.7 Å². The van der Waals surface area contributed by atoms with Gasteiger partial charge >= 0.3 is 0 Å². The summed E-state index contributed by atoms with van der Waals surface area (Å²) in [5.74, 6) is 0.453. The number of anilines is 1. The number of carbonyl (C=O) groups excluding carboxylic acids is 2. The Bertz CT molecular complexity index is 985. The second kappa shape index (κ2) is 7.15. The molecule has 0 aliphatic carbocycles. The molecule has 0 unspecified atom stereocenters. The van der Waals surface area contributed by atoms with Crippen LogP contribution in [0.25, 0.3) is 0 Å². The lowest BCUT2D eigenvalue weighted by molar-refractivity contribution is -0.118. The molecule has 1 atom stereocenters. The lowest BCUT2D eigenvalue weighted by Crippen LogP contribution is -2.47. The number of aromatic nitrogens is 1. The van der Waals surface area contributed by atoms with Gasteiger partial charge < -0.3 is 0 Å². The molecule has 136 valence electrons.